The lowest BCUT2D eigenvalue weighted by molar-refractivity contribution is 0.355. The number of aliphatic imine (C=N–C) groups is 1. The van der Waals surface area contributed by atoms with Gasteiger partial charge in [0.25, 0.3) is 5.56 Å². The molecule has 0 aliphatic heterocycles. The number of aromatic nitrogens is 2. The van der Waals surface area contributed by atoms with Crippen molar-refractivity contribution in [3.63, 3.8) is 0 Å². The number of nitrogens with two attached hydrogens (primary N) is 1. The minimum atomic E-state index is -3.84. The van der Waals surface area contributed by atoms with Crippen LogP contribution in [0.5, 0.6) is 11.5 Å². The number of nitrogens with zero attached hydrogens (tertiary/aromatic N) is 1. The third kappa shape index (κ3) is 3.97. The summed E-state index contributed by atoms with van der Waals surface area (Å²) in [6.45, 7) is 0. The second kappa shape index (κ2) is 7.71. The Kier molecular flexibility index (Phi) is 5.34. The topological polar surface area (TPSA) is 140 Å². The fourth-order valence-electron chi connectivity index (χ4n) is 2.59. The summed E-state index contributed by atoms with van der Waals surface area (Å²) in [5.41, 5.74) is 1.41. The maximum atomic E-state index is 12.2. The van der Waals surface area contributed by atoms with Gasteiger partial charge >= 0.3 is 0 Å². The number of sulfonamides is 1. The van der Waals surface area contributed by atoms with E-state index in [1.807, 2.05) is 0 Å². The first kappa shape index (κ1) is 19.4. The van der Waals surface area contributed by atoms with Crippen LogP contribution in [0.3, 0.4) is 0 Å². The van der Waals surface area contributed by atoms with Crippen LogP contribution < -0.4 is 20.2 Å². The second-order valence-corrected chi connectivity index (χ2v) is 7.30. The fraction of sp³-hybridized carbons (Fsp3) is 0.111. The number of ether oxygens (including phenoxy) is 2. The van der Waals surface area contributed by atoms with Crippen molar-refractivity contribution in [3.8, 4) is 22.8 Å². The van der Waals surface area contributed by atoms with Crippen LogP contribution in [0.1, 0.15) is 5.56 Å². The van der Waals surface area contributed by atoms with Crippen LogP contribution in [0.4, 0.5) is 5.69 Å². The van der Waals surface area contributed by atoms with Crippen molar-refractivity contribution < 1.29 is 17.9 Å². The van der Waals surface area contributed by atoms with E-state index in [1.165, 1.54) is 38.6 Å². The average Bonchev–Trinajstić information content (AvgIpc) is 3.05. The molecule has 0 unspecified atom stereocenters. The molecule has 4 N–H and O–H groups in total. The third-order valence-electron chi connectivity index (χ3n) is 3.98. The number of hydrogen-bond acceptors (Lipinski definition) is 6. The Morgan fingerprint density at radius 1 is 1.04 bits per heavy atom. The summed E-state index contributed by atoms with van der Waals surface area (Å²) in [4.78, 5) is 16.3. The molecule has 3 aromatic rings. The predicted octanol–water partition coefficient (Wildman–Crippen LogP) is 1.79. The fourth-order valence-corrected chi connectivity index (χ4v) is 3.14. The zero-order valence-corrected chi connectivity index (χ0v) is 15.9. The van der Waals surface area contributed by atoms with Crippen LogP contribution in [0.15, 0.2) is 57.1 Å². The number of H-pyrrole nitrogens is 2. The van der Waals surface area contributed by atoms with E-state index in [0.29, 0.717) is 28.4 Å². The number of aromatic amines is 2. The highest BCUT2D eigenvalue weighted by Crippen LogP contribution is 2.32. The van der Waals surface area contributed by atoms with Gasteiger partial charge in [-0.3, -0.25) is 20.0 Å². The summed E-state index contributed by atoms with van der Waals surface area (Å²) in [6.07, 6.45) is 1.35. The molecule has 0 amide bonds. The Balaban J connectivity index is 2.01. The lowest BCUT2D eigenvalue weighted by Crippen LogP contribution is -2.11. The van der Waals surface area contributed by atoms with Gasteiger partial charge in [-0.2, -0.15) is 0 Å². The third-order valence-corrected chi connectivity index (χ3v) is 4.89. The summed E-state index contributed by atoms with van der Waals surface area (Å²) in [5, 5.41) is 10.5. The molecule has 3 rings (SSSR count). The van der Waals surface area contributed by atoms with Gasteiger partial charge in [0.1, 0.15) is 0 Å². The molecule has 0 spiro atoms. The van der Waals surface area contributed by atoms with Crippen LogP contribution in [0, 0.1) is 0 Å². The standard InChI is InChI=1S/C18H18N4O5S/c1-26-15-7-6-11(8-16(15)27-2)17-14(18(23)22-21-17)10-20-12-4-3-5-13(9-12)28(19,24)25/h3-10H,1-2H3,(H2,19,24,25)(H2,21,22,23). The first-order valence-corrected chi connectivity index (χ1v) is 9.58. The van der Waals surface area contributed by atoms with Gasteiger partial charge in [0.05, 0.1) is 36.1 Å². The van der Waals surface area contributed by atoms with Crippen molar-refractivity contribution in [2.45, 2.75) is 4.90 Å². The van der Waals surface area contributed by atoms with Crippen molar-refractivity contribution in [3.05, 3.63) is 58.4 Å². The first-order chi connectivity index (χ1) is 13.3. The zero-order valence-electron chi connectivity index (χ0n) is 15.1. The summed E-state index contributed by atoms with van der Waals surface area (Å²) in [6, 6.07) is 11.0. The first-order valence-electron chi connectivity index (χ1n) is 8.03. The number of nitrogens with one attached hydrogen (secondary N) is 2. The van der Waals surface area contributed by atoms with Crippen molar-refractivity contribution in [2.24, 2.45) is 10.1 Å². The van der Waals surface area contributed by atoms with Crippen LogP contribution in [-0.2, 0) is 10.0 Å². The van der Waals surface area contributed by atoms with Crippen molar-refractivity contribution in [2.75, 3.05) is 14.2 Å². The number of methoxy groups -OCH3 is 2. The van der Waals surface area contributed by atoms with E-state index in [-0.39, 0.29) is 16.0 Å². The Labute approximate surface area is 160 Å². The maximum absolute atomic E-state index is 12.2. The Morgan fingerprint density at radius 2 is 1.79 bits per heavy atom. The van der Waals surface area contributed by atoms with Gasteiger partial charge in [-0.25, -0.2) is 13.6 Å². The largest absolute Gasteiger partial charge is 0.493 e. The Bertz CT molecular complexity index is 1190. The number of rotatable bonds is 6. The number of primary sulfonamides is 1. The normalized spacial score (nSPS) is 11.7. The second-order valence-electron chi connectivity index (χ2n) is 5.74. The molecule has 9 nitrogen and oxygen atoms in total. The molecule has 0 radical (unpaired) electrons. The molecule has 0 fully saturated rings. The molecule has 146 valence electrons. The van der Waals surface area contributed by atoms with Crippen molar-refractivity contribution in [1.29, 1.82) is 0 Å². The maximum Gasteiger partial charge on any atom is 0.273 e. The Morgan fingerprint density at radius 3 is 2.46 bits per heavy atom. The highest BCUT2D eigenvalue weighted by Gasteiger charge is 2.13. The highest BCUT2D eigenvalue weighted by atomic mass is 32.2. The Hall–Kier alpha value is -3.37. The number of hydrogen-bond donors (Lipinski definition) is 3. The molecule has 0 saturated heterocycles. The quantitative estimate of drug-likeness (QED) is 0.539. The highest BCUT2D eigenvalue weighted by molar-refractivity contribution is 7.89. The van der Waals surface area contributed by atoms with E-state index in [9.17, 15) is 13.2 Å². The molecule has 2 aromatic carbocycles. The molecule has 10 heteroatoms. The molecule has 28 heavy (non-hydrogen) atoms. The summed E-state index contributed by atoms with van der Waals surface area (Å²) < 4.78 is 33.4. The minimum absolute atomic E-state index is 0.0646. The van der Waals surface area contributed by atoms with Crippen LogP contribution in [0.2, 0.25) is 0 Å². The van der Waals surface area contributed by atoms with Gasteiger partial charge in [0, 0.05) is 11.8 Å². The van der Waals surface area contributed by atoms with Gasteiger partial charge in [0.2, 0.25) is 10.0 Å². The molecule has 0 atom stereocenters. The SMILES string of the molecule is COc1ccc(-c2[nH][nH]c(=O)c2C=Nc2cccc(S(N)(=O)=O)c2)cc1OC. The molecule has 1 aromatic heterocycles. The summed E-state index contributed by atoms with van der Waals surface area (Å²) in [7, 11) is -0.797. The van der Waals surface area contributed by atoms with Crippen LogP contribution >= 0.6 is 0 Å². The van der Waals surface area contributed by atoms with E-state index >= 15 is 0 Å². The van der Waals surface area contributed by atoms with E-state index in [4.69, 9.17) is 14.6 Å². The zero-order chi connectivity index (χ0) is 20.3. The lowest BCUT2D eigenvalue weighted by Gasteiger charge is -2.09. The van der Waals surface area contributed by atoms with Gasteiger partial charge in [0.15, 0.2) is 11.5 Å². The van der Waals surface area contributed by atoms with E-state index < -0.39 is 10.0 Å². The molecule has 0 aliphatic rings. The minimum Gasteiger partial charge on any atom is -0.493 e. The van der Waals surface area contributed by atoms with Gasteiger partial charge < -0.3 is 9.47 Å². The summed E-state index contributed by atoms with van der Waals surface area (Å²) >= 11 is 0. The van der Waals surface area contributed by atoms with E-state index in [1.54, 1.807) is 24.3 Å². The van der Waals surface area contributed by atoms with Gasteiger partial charge in [-0.15, -0.1) is 0 Å². The molecule has 1 heterocycles. The smallest absolute Gasteiger partial charge is 0.273 e. The van der Waals surface area contributed by atoms with E-state index in [0.717, 1.165) is 0 Å². The van der Waals surface area contributed by atoms with Crippen molar-refractivity contribution in [1.82, 2.24) is 10.2 Å². The van der Waals surface area contributed by atoms with Gasteiger partial charge in [-0.05, 0) is 36.4 Å². The van der Waals surface area contributed by atoms with E-state index in [2.05, 4.69) is 15.2 Å². The molecular formula is C18H18N4O5S. The van der Waals surface area contributed by atoms with Gasteiger partial charge in [-0.1, -0.05) is 6.07 Å². The predicted molar refractivity (Wildman–Crippen MR) is 105 cm³/mol. The molecular weight excluding hydrogens is 384 g/mol. The molecule has 0 saturated carbocycles. The van der Waals surface area contributed by atoms with Crippen LogP contribution in [0.25, 0.3) is 11.3 Å². The van der Waals surface area contributed by atoms with Crippen molar-refractivity contribution >= 4 is 21.9 Å². The monoisotopic (exact) mass is 402 g/mol. The lowest BCUT2D eigenvalue weighted by atomic mass is 10.1. The summed E-state index contributed by atoms with van der Waals surface area (Å²) in [5.74, 6) is 1.06. The molecule has 0 bridgehead atoms. The van der Waals surface area contributed by atoms with Crippen LogP contribution in [-0.4, -0.2) is 39.0 Å². The molecule has 0 aliphatic carbocycles. The number of benzene rings is 2. The average molecular weight is 402 g/mol.